The molecule has 35 heavy (non-hydrogen) atoms. The van der Waals surface area contributed by atoms with Crippen molar-refractivity contribution in [1.82, 2.24) is 19.1 Å². The average Bonchev–Trinajstić information content (AvgIpc) is 3.50. The van der Waals surface area contributed by atoms with Gasteiger partial charge in [-0.2, -0.15) is 0 Å². The van der Waals surface area contributed by atoms with Crippen LogP contribution in [-0.2, 0) is 19.6 Å². The van der Waals surface area contributed by atoms with Crippen molar-refractivity contribution in [3.8, 4) is 28.5 Å². The highest BCUT2D eigenvalue weighted by Gasteiger charge is 2.19. The molecular formula is C25H28FN5O4. The third-order valence-electron chi connectivity index (χ3n) is 5.66. The number of hydrogen-bond acceptors (Lipinski definition) is 6. The number of nitrogens with one attached hydrogen (secondary N) is 2. The zero-order valence-corrected chi connectivity index (χ0v) is 19.9. The minimum absolute atomic E-state index is 0.318. The maximum atomic E-state index is 14.8. The van der Waals surface area contributed by atoms with Crippen molar-refractivity contribution in [3.63, 3.8) is 0 Å². The molecule has 0 spiro atoms. The second-order valence-electron chi connectivity index (χ2n) is 7.83. The highest BCUT2D eigenvalue weighted by atomic mass is 19.1. The number of benzene rings is 2. The minimum atomic E-state index is -0.411. The Hall–Kier alpha value is -4.21. The molecule has 0 unspecified atom stereocenters. The van der Waals surface area contributed by atoms with Gasteiger partial charge in [-0.3, -0.25) is 9.55 Å². The van der Waals surface area contributed by atoms with E-state index in [2.05, 4.69) is 15.3 Å². The van der Waals surface area contributed by atoms with Gasteiger partial charge in [0.15, 0.2) is 11.5 Å². The molecule has 4 rings (SSSR count). The van der Waals surface area contributed by atoms with Crippen LogP contribution in [0.2, 0.25) is 0 Å². The Morgan fingerprint density at radius 3 is 2.43 bits per heavy atom. The summed E-state index contributed by atoms with van der Waals surface area (Å²) < 4.78 is 34.6. The molecule has 0 fully saturated rings. The van der Waals surface area contributed by atoms with Crippen molar-refractivity contribution in [3.05, 3.63) is 77.0 Å². The van der Waals surface area contributed by atoms with Crippen LogP contribution in [-0.4, -0.2) is 40.4 Å². The molecule has 2 aromatic carbocycles. The lowest BCUT2D eigenvalue weighted by molar-refractivity contribution is 0.324. The van der Waals surface area contributed by atoms with Crippen LogP contribution in [0.1, 0.15) is 12.0 Å². The Morgan fingerprint density at radius 2 is 1.80 bits per heavy atom. The number of aryl methyl sites for hydroxylation is 1. The fourth-order valence-corrected chi connectivity index (χ4v) is 4.00. The summed E-state index contributed by atoms with van der Waals surface area (Å²) in [6.07, 6.45) is 5.96. The molecule has 0 bridgehead atoms. The second-order valence-corrected chi connectivity index (χ2v) is 7.83. The summed E-state index contributed by atoms with van der Waals surface area (Å²) in [5.74, 6) is 1.54. The first-order valence-corrected chi connectivity index (χ1v) is 11.1. The quantitative estimate of drug-likeness (QED) is 0.337. The molecule has 0 aliphatic rings. The maximum absolute atomic E-state index is 14.8. The van der Waals surface area contributed by atoms with Crippen LogP contribution < -0.4 is 25.2 Å². The summed E-state index contributed by atoms with van der Waals surface area (Å²) in [6.45, 7) is 1.42. The van der Waals surface area contributed by atoms with Crippen molar-refractivity contribution in [1.29, 1.82) is 0 Å². The molecule has 2 N–H and O–H groups in total. The molecular weight excluding hydrogens is 453 g/mol. The summed E-state index contributed by atoms with van der Waals surface area (Å²) >= 11 is 0. The average molecular weight is 482 g/mol. The number of hydrogen-bond donors (Lipinski definition) is 2. The molecule has 2 aromatic heterocycles. The molecule has 0 radical (unpaired) electrons. The Morgan fingerprint density at radius 1 is 1.06 bits per heavy atom. The van der Waals surface area contributed by atoms with Crippen LogP contribution in [0.5, 0.6) is 17.2 Å². The predicted octanol–water partition coefficient (Wildman–Crippen LogP) is 3.91. The van der Waals surface area contributed by atoms with Crippen molar-refractivity contribution in [2.75, 3.05) is 26.6 Å². The van der Waals surface area contributed by atoms with Gasteiger partial charge in [0, 0.05) is 37.6 Å². The number of methoxy groups -OCH3 is 3. The fourth-order valence-electron chi connectivity index (χ4n) is 4.00. The molecule has 4 aromatic rings. The van der Waals surface area contributed by atoms with Crippen LogP contribution in [0.15, 0.2) is 59.9 Å². The van der Waals surface area contributed by atoms with E-state index in [1.54, 1.807) is 56.6 Å². The topological polar surface area (TPSA) is 95.3 Å². The van der Waals surface area contributed by atoms with Crippen LogP contribution in [0.25, 0.3) is 11.3 Å². The number of anilines is 1. The highest BCUT2D eigenvalue weighted by Crippen LogP contribution is 2.38. The summed E-state index contributed by atoms with van der Waals surface area (Å²) in [7, 11) is 4.64. The van der Waals surface area contributed by atoms with Crippen LogP contribution >= 0.6 is 0 Å². The van der Waals surface area contributed by atoms with Crippen molar-refractivity contribution in [2.45, 2.75) is 26.1 Å². The minimum Gasteiger partial charge on any atom is -0.493 e. The van der Waals surface area contributed by atoms with E-state index in [0.29, 0.717) is 60.4 Å². The Kier molecular flexibility index (Phi) is 7.39. The molecule has 9 nitrogen and oxygen atoms in total. The number of halogens is 1. The van der Waals surface area contributed by atoms with Crippen molar-refractivity contribution >= 4 is 5.82 Å². The fraction of sp³-hybridized carbons (Fsp3) is 0.280. The van der Waals surface area contributed by atoms with Gasteiger partial charge in [-0.05, 0) is 36.2 Å². The van der Waals surface area contributed by atoms with E-state index in [0.717, 1.165) is 5.56 Å². The summed E-state index contributed by atoms with van der Waals surface area (Å²) in [4.78, 5) is 19.8. The number of H-pyrrole nitrogens is 1. The van der Waals surface area contributed by atoms with E-state index < -0.39 is 5.82 Å². The van der Waals surface area contributed by atoms with E-state index in [1.165, 1.54) is 6.07 Å². The number of rotatable bonds is 11. The number of aromatic amines is 1. The summed E-state index contributed by atoms with van der Waals surface area (Å²) in [6, 6.07) is 10.0. The lowest BCUT2D eigenvalue weighted by Crippen LogP contribution is -2.19. The van der Waals surface area contributed by atoms with Crippen molar-refractivity contribution < 1.29 is 18.6 Å². The van der Waals surface area contributed by atoms with Crippen LogP contribution in [0, 0.1) is 5.82 Å². The van der Waals surface area contributed by atoms with Crippen LogP contribution in [0.4, 0.5) is 10.2 Å². The third kappa shape index (κ3) is 5.16. The molecule has 0 saturated carbocycles. The van der Waals surface area contributed by atoms with Gasteiger partial charge in [0.05, 0.1) is 33.4 Å². The van der Waals surface area contributed by atoms with Gasteiger partial charge in [0.1, 0.15) is 11.6 Å². The molecule has 0 amide bonds. The first-order valence-electron chi connectivity index (χ1n) is 11.1. The molecule has 0 aliphatic heterocycles. The number of imidazole rings is 2. The number of aromatic nitrogens is 4. The first-order chi connectivity index (χ1) is 17.0. The maximum Gasteiger partial charge on any atom is 0.327 e. The molecule has 10 heteroatoms. The molecule has 0 saturated heterocycles. The Bertz CT molecular complexity index is 1310. The summed E-state index contributed by atoms with van der Waals surface area (Å²) in [5.41, 5.74) is 1.31. The van der Waals surface area contributed by atoms with E-state index in [1.807, 2.05) is 22.9 Å². The SMILES string of the molecule is COc1cc(CNc2[nH]c(=O)n(CCCn3ccnc3)c2-c2ccccc2F)cc(OC)c1OC. The Labute approximate surface area is 202 Å². The molecule has 2 heterocycles. The smallest absolute Gasteiger partial charge is 0.327 e. The Balaban J connectivity index is 1.64. The van der Waals surface area contributed by atoms with E-state index >= 15 is 0 Å². The number of ether oxygens (including phenoxy) is 3. The summed E-state index contributed by atoms with van der Waals surface area (Å²) in [5, 5.41) is 3.25. The van der Waals surface area contributed by atoms with Crippen LogP contribution in [0.3, 0.4) is 0 Å². The van der Waals surface area contributed by atoms with Gasteiger partial charge in [-0.25, -0.2) is 14.2 Å². The largest absolute Gasteiger partial charge is 0.493 e. The lowest BCUT2D eigenvalue weighted by Gasteiger charge is -2.15. The zero-order chi connectivity index (χ0) is 24.8. The highest BCUT2D eigenvalue weighted by molar-refractivity contribution is 5.73. The van der Waals surface area contributed by atoms with Gasteiger partial charge in [0.25, 0.3) is 0 Å². The molecule has 0 atom stereocenters. The van der Waals surface area contributed by atoms with E-state index in [-0.39, 0.29) is 5.69 Å². The third-order valence-corrected chi connectivity index (χ3v) is 5.66. The van der Waals surface area contributed by atoms with Gasteiger partial charge >= 0.3 is 5.69 Å². The molecule has 184 valence electrons. The monoisotopic (exact) mass is 481 g/mol. The number of nitrogens with zero attached hydrogens (tertiary/aromatic N) is 3. The zero-order valence-electron chi connectivity index (χ0n) is 19.9. The lowest BCUT2D eigenvalue weighted by atomic mass is 10.1. The normalized spacial score (nSPS) is 10.9. The van der Waals surface area contributed by atoms with Gasteiger partial charge in [-0.1, -0.05) is 12.1 Å². The predicted molar refractivity (Wildman–Crippen MR) is 131 cm³/mol. The van der Waals surface area contributed by atoms with E-state index in [9.17, 15) is 9.18 Å². The van der Waals surface area contributed by atoms with Crippen molar-refractivity contribution in [2.24, 2.45) is 0 Å². The van der Waals surface area contributed by atoms with E-state index in [4.69, 9.17) is 14.2 Å². The van der Waals surface area contributed by atoms with Gasteiger partial charge in [-0.15, -0.1) is 0 Å². The standard InChI is InChI=1S/C25H28FN5O4/c1-33-20-13-17(14-21(34-2)23(20)35-3)15-28-24-22(18-7-4-5-8-19(18)26)31(25(32)29-24)11-6-10-30-12-9-27-16-30/h4-5,7-9,12-14,16,28H,6,10-11,15H2,1-3H3,(H,29,32). The van der Waals surface area contributed by atoms with Gasteiger partial charge < -0.3 is 24.1 Å². The van der Waals surface area contributed by atoms with Gasteiger partial charge in [0.2, 0.25) is 5.75 Å². The molecule has 0 aliphatic carbocycles. The second kappa shape index (κ2) is 10.8. The first kappa shape index (κ1) is 23.9.